The Morgan fingerprint density at radius 2 is 1.86 bits per heavy atom. The lowest BCUT2D eigenvalue weighted by molar-refractivity contribution is -0.0572. The first-order chi connectivity index (χ1) is 10.2. The van der Waals surface area contributed by atoms with Crippen LogP contribution in [0.3, 0.4) is 0 Å². The Morgan fingerprint density at radius 1 is 1.19 bits per heavy atom. The average Bonchev–Trinajstić information content (AvgIpc) is 3.06. The van der Waals surface area contributed by atoms with Gasteiger partial charge in [0.15, 0.2) is 5.82 Å². The van der Waals surface area contributed by atoms with Crippen molar-refractivity contribution in [2.75, 3.05) is 19.0 Å². The largest absolute Gasteiger partial charge is 0.373 e. The summed E-state index contributed by atoms with van der Waals surface area (Å²) in [5, 5.41) is 3.19. The van der Waals surface area contributed by atoms with Crippen molar-refractivity contribution < 1.29 is 4.74 Å². The summed E-state index contributed by atoms with van der Waals surface area (Å²) in [6.45, 7) is 7.04. The van der Waals surface area contributed by atoms with E-state index in [1.807, 2.05) is 14.0 Å². The molecular weight excluding hydrogens is 262 g/mol. The van der Waals surface area contributed by atoms with Gasteiger partial charge in [-0.1, -0.05) is 26.7 Å². The third-order valence-corrected chi connectivity index (χ3v) is 4.75. The zero-order chi connectivity index (χ0) is 15.3. The second-order valence-corrected chi connectivity index (χ2v) is 5.87. The number of rotatable bonds is 7. The molecular formula is C17H29N3O. The van der Waals surface area contributed by atoms with E-state index < -0.39 is 0 Å². The van der Waals surface area contributed by atoms with Gasteiger partial charge in [-0.15, -0.1) is 0 Å². The van der Waals surface area contributed by atoms with Gasteiger partial charge in [-0.2, -0.15) is 0 Å². The molecule has 1 aliphatic carbocycles. The Labute approximate surface area is 128 Å². The van der Waals surface area contributed by atoms with Crippen molar-refractivity contribution >= 4 is 5.82 Å². The summed E-state index contributed by atoms with van der Waals surface area (Å²) in [6.07, 6.45) is 6.93. The van der Waals surface area contributed by atoms with Crippen molar-refractivity contribution in [2.24, 2.45) is 0 Å². The van der Waals surface area contributed by atoms with Crippen molar-refractivity contribution in [3.63, 3.8) is 0 Å². The molecule has 0 aromatic carbocycles. The Balaban J connectivity index is 2.43. The molecule has 4 heteroatoms. The van der Waals surface area contributed by atoms with E-state index in [-0.39, 0.29) is 5.60 Å². The zero-order valence-corrected chi connectivity index (χ0v) is 13.9. The minimum absolute atomic E-state index is 0.352. The number of hydrogen-bond donors (Lipinski definition) is 1. The fourth-order valence-corrected chi connectivity index (χ4v) is 3.34. The number of aromatic nitrogens is 2. The molecule has 0 atom stereocenters. The van der Waals surface area contributed by atoms with Crippen molar-refractivity contribution in [1.82, 2.24) is 9.97 Å². The smallest absolute Gasteiger partial charge is 0.162 e. The lowest BCUT2D eigenvalue weighted by Gasteiger charge is -2.30. The topological polar surface area (TPSA) is 47.0 Å². The van der Waals surface area contributed by atoms with Crippen LogP contribution in [-0.2, 0) is 10.3 Å². The van der Waals surface area contributed by atoms with Crippen LogP contribution < -0.4 is 5.32 Å². The van der Waals surface area contributed by atoms with Crippen LogP contribution >= 0.6 is 0 Å². The van der Waals surface area contributed by atoms with Crippen LogP contribution in [0.1, 0.15) is 76.7 Å². The van der Waals surface area contributed by atoms with Gasteiger partial charge in [0.25, 0.3) is 0 Å². The van der Waals surface area contributed by atoms with Crippen LogP contribution in [0, 0.1) is 0 Å². The van der Waals surface area contributed by atoms with Crippen LogP contribution in [-0.4, -0.2) is 23.6 Å². The predicted octanol–water partition coefficient (Wildman–Crippen LogP) is 4.23. The van der Waals surface area contributed by atoms with E-state index in [1.165, 1.54) is 31.4 Å². The van der Waals surface area contributed by atoms with Crippen LogP contribution in [0.4, 0.5) is 5.82 Å². The first-order valence-electron chi connectivity index (χ1n) is 8.40. The van der Waals surface area contributed by atoms with Gasteiger partial charge in [-0.05, 0) is 32.6 Å². The number of anilines is 1. The highest BCUT2D eigenvalue weighted by Crippen LogP contribution is 2.36. The molecule has 0 bridgehead atoms. The summed E-state index contributed by atoms with van der Waals surface area (Å²) in [6, 6.07) is 2.11. The molecule has 118 valence electrons. The maximum absolute atomic E-state index is 6.08. The molecule has 0 amide bonds. The van der Waals surface area contributed by atoms with Crippen molar-refractivity contribution in [1.29, 1.82) is 0 Å². The lowest BCUT2D eigenvalue weighted by Crippen LogP contribution is -2.31. The molecule has 1 aliphatic rings. The Hall–Kier alpha value is -1.16. The molecule has 21 heavy (non-hydrogen) atoms. The summed E-state index contributed by atoms with van der Waals surface area (Å²) in [5.74, 6) is 2.35. The van der Waals surface area contributed by atoms with Gasteiger partial charge in [0.05, 0.1) is 0 Å². The molecule has 1 heterocycles. The van der Waals surface area contributed by atoms with Gasteiger partial charge in [0.1, 0.15) is 11.4 Å². The molecule has 1 N–H and O–H groups in total. The van der Waals surface area contributed by atoms with E-state index in [0.717, 1.165) is 24.5 Å². The van der Waals surface area contributed by atoms with Gasteiger partial charge in [0.2, 0.25) is 0 Å². The molecule has 0 aliphatic heterocycles. The molecule has 1 aromatic rings. The summed E-state index contributed by atoms with van der Waals surface area (Å²) in [4.78, 5) is 9.63. The molecule has 0 radical (unpaired) electrons. The molecule has 1 saturated carbocycles. The average molecular weight is 291 g/mol. The SMILES string of the molecule is CCOC(CC)(CC)c1nc(NC)cc(C2CCCC2)n1. The number of nitrogens with zero attached hydrogens (tertiary/aromatic N) is 2. The molecule has 0 spiro atoms. The third kappa shape index (κ3) is 3.37. The van der Waals surface area contributed by atoms with Gasteiger partial charge in [-0.3, -0.25) is 0 Å². The zero-order valence-electron chi connectivity index (χ0n) is 13.9. The normalized spacial score (nSPS) is 16.4. The first kappa shape index (κ1) is 16.2. The fourth-order valence-electron chi connectivity index (χ4n) is 3.34. The summed E-state index contributed by atoms with van der Waals surface area (Å²) < 4.78 is 6.08. The van der Waals surface area contributed by atoms with E-state index in [0.29, 0.717) is 12.5 Å². The van der Waals surface area contributed by atoms with E-state index in [4.69, 9.17) is 14.7 Å². The Morgan fingerprint density at radius 3 is 2.38 bits per heavy atom. The lowest BCUT2D eigenvalue weighted by atomic mass is 9.95. The minimum atomic E-state index is -0.352. The van der Waals surface area contributed by atoms with E-state index in [1.54, 1.807) is 0 Å². The predicted molar refractivity (Wildman–Crippen MR) is 86.7 cm³/mol. The van der Waals surface area contributed by atoms with Crippen LogP contribution in [0.25, 0.3) is 0 Å². The quantitative estimate of drug-likeness (QED) is 0.816. The van der Waals surface area contributed by atoms with Crippen molar-refractivity contribution in [3.8, 4) is 0 Å². The number of nitrogens with one attached hydrogen (secondary N) is 1. The van der Waals surface area contributed by atoms with Gasteiger partial charge < -0.3 is 10.1 Å². The second-order valence-electron chi connectivity index (χ2n) is 5.87. The maximum Gasteiger partial charge on any atom is 0.162 e. The molecule has 1 fully saturated rings. The van der Waals surface area contributed by atoms with Gasteiger partial charge in [-0.25, -0.2) is 9.97 Å². The summed E-state index contributed by atoms with van der Waals surface area (Å²) >= 11 is 0. The Bertz CT molecular complexity index is 451. The summed E-state index contributed by atoms with van der Waals surface area (Å²) in [5.41, 5.74) is 0.836. The van der Waals surface area contributed by atoms with E-state index in [2.05, 4.69) is 25.2 Å². The highest BCUT2D eigenvalue weighted by atomic mass is 16.5. The van der Waals surface area contributed by atoms with Crippen LogP contribution in [0.15, 0.2) is 6.07 Å². The molecule has 4 nitrogen and oxygen atoms in total. The van der Waals surface area contributed by atoms with Crippen molar-refractivity contribution in [3.05, 3.63) is 17.6 Å². The number of ether oxygens (including phenoxy) is 1. The molecule has 1 aromatic heterocycles. The Kier molecular flexibility index (Phi) is 5.57. The molecule has 0 saturated heterocycles. The molecule has 2 rings (SSSR count). The van der Waals surface area contributed by atoms with Gasteiger partial charge in [0, 0.05) is 31.3 Å². The van der Waals surface area contributed by atoms with E-state index >= 15 is 0 Å². The summed E-state index contributed by atoms with van der Waals surface area (Å²) in [7, 11) is 1.92. The first-order valence-corrected chi connectivity index (χ1v) is 8.40. The second kappa shape index (κ2) is 7.21. The standard InChI is InChI=1S/C17H29N3O/c1-5-17(6-2,21-7-3)16-19-14(12-15(18-4)20-16)13-10-8-9-11-13/h12-13H,5-11H2,1-4H3,(H,18,19,20). The third-order valence-electron chi connectivity index (χ3n) is 4.75. The minimum Gasteiger partial charge on any atom is -0.373 e. The van der Waals surface area contributed by atoms with Crippen LogP contribution in [0.5, 0.6) is 0 Å². The van der Waals surface area contributed by atoms with E-state index in [9.17, 15) is 0 Å². The monoisotopic (exact) mass is 291 g/mol. The van der Waals surface area contributed by atoms with Gasteiger partial charge >= 0.3 is 0 Å². The maximum atomic E-state index is 6.08. The van der Waals surface area contributed by atoms with Crippen LogP contribution in [0.2, 0.25) is 0 Å². The number of hydrogen-bond acceptors (Lipinski definition) is 4. The van der Waals surface area contributed by atoms with Crippen molar-refractivity contribution in [2.45, 2.75) is 70.8 Å². The fraction of sp³-hybridized carbons (Fsp3) is 0.765. The highest BCUT2D eigenvalue weighted by Gasteiger charge is 2.33. The molecule has 0 unspecified atom stereocenters. The highest BCUT2D eigenvalue weighted by molar-refractivity contribution is 5.37.